The molecule has 3 N–H and O–H groups in total. The van der Waals surface area contributed by atoms with Crippen molar-refractivity contribution < 1.29 is 14.3 Å². The van der Waals surface area contributed by atoms with Crippen molar-refractivity contribution in [2.75, 3.05) is 26.2 Å². The van der Waals surface area contributed by atoms with Gasteiger partial charge in [-0.1, -0.05) is 13.0 Å². The van der Waals surface area contributed by atoms with Crippen molar-refractivity contribution >= 4 is 12.1 Å². The van der Waals surface area contributed by atoms with E-state index >= 15 is 0 Å². The average molecular weight is 380 g/mol. The van der Waals surface area contributed by atoms with Crippen molar-refractivity contribution in [2.24, 2.45) is 4.99 Å². The average Bonchev–Trinajstić information content (AvgIpc) is 2.60. The molecule has 8 nitrogen and oxygen atoms in total. The van der Waals surface area contributed by atoms with Gasteiger partial charge < -0.3 is 25.4 Å². The van der Waals surface area contributed by atoms with Gasteiger partial charge in [0, 0.05) is 31.9 Å². The molecule has 1 rings (SSSR count). The molecule has 0 aliphatic carbocycles. The van der Waals surface area contributed by atoms with E-state index in [1.165, 1.54) is 0 Å². The van der Waals surface area contributed by atoms with Gasteiger partial charge in [0.2, 0.25) is 5.88 Å². The Morgan fingerprint density at radius 2 is 1.89 bits per heavy atom. The molecule has 0 radical (unpaired) electrons. The van der Waals surface area contributed by atoms with Crippen molar-refractivity contribution in [3.8, 4) is 5.88 Å². The maximum Gasteiger partial charge on any atom is 0.407 e. The topological polar surface area (TPSA) is 96.9 Å². The fourth-order valence-corrected chi connectivity index (χ4v) is 1.97. The zero-order valence-electron chi connectivity index (χ0n) is 17.1. The molecule has 0 saturated heterocycles. The Morgan fingerprint density at radius 1 is 1.15 bits per heavy atom. The molecular formula is C19H33N5O3. The maximum absolute atomic E-state index is 11.6. The van der Waals surface area contributed by atoms with Gasteiger partial charge in [-0.25, -0.2) is 14.8 Å². The number of aromatic nitrogens is 1. The zero-order chi connectivity index (χ0) is 20.1. The van der Waals surface area contributed by atoms with Gasteiger partial charge in [0.15, 0.2) is 5.96 Å². The van der Waals surface area contributed by atoms with E-state index in [1.807, 2.05) is 39.8 Å². The normalized spacial score (nSPS) is 11.7. The van der Waals surface area contributed by atoms with Crippen molar-refractivity contribution in [2.45, 2.75) is 53.2 Å². The third-order valence-electron chi connectivity index (χ3n) is 3.10. The molecule has 1 aromatic heterocycles. The SMILES string of the molecule is CCCOc1ccc(CN=C(NCC)NCCNC(=O)OC(C)(C)C)cn1. The van der Waals surface area contributed by atoms with Crippen LogP contribution in [0.25, 0.3) is 0 Å². The van der Waals surface area contributed by atoms with Gasteiger partial charge in [-0.15, -0.1) is 0 Å². The van der Waals surface area contributed by atoms with Crippen LogP contribution in [0.5, 0.6) is 5.88 Å². The summed E-state index contributed by atoms with van der Waals surface area (Å²) in [4.78, 5) is 20.4. The second-order valence-corrected chi connectivity index (χ2v) is 6.90. The maximum atomic E-state index is 11.6. The highest BCUT2D eigenvalue weighted by Gasteiger charge is 2.15. The summed E-state index contributed by atoms with van der Waals surface area (Å²) in [6, 6.07) is 3.81. The molecule has 27 heavy (non-hydrogen) atoms. The first kappa shape index (κ1) is 22.5. The molecule has 0 aliphatic rings. The lowest BCUT2D eigenvalue weighted by molar-refractivity contribution is 0.0529. The second kappa shape index (κ2) is 12.0. The molecular weight excluding hydrogens is 346 g/mol. The summed E-state index contributed by atoms with van der Waals surface area (Å²) in [5.41, 5.74) is 0.488. The third kappa shape index (κ3) is 10.9. The molecule has 1 heterocycles. The molecule has 1 aromatic rings. The van der Waals surface area contributed by atoms with Gasteiger partial charge in [0.05, 0.1) is 13.2 Å². The first-order valence-electron chi connectivity index (χ1n) is 9.40. The smallest absolute Gasteiger partial charge is 0.407 e. The lowest BCUT2D eigenvalue weighted by Crippen LogP contribution is -2.42. The van der Waals surface area contributed by atoms with E-state index < -0.39 is 11.7 Å². The fraction of sp³-hybridized carbons (Fsp3) is 0.632. The minimum absolute atomic E-state index is 0.428. The number of ether oxygens (including phenoxy) is 2. The fourth-order valence-electron chi connectivity index (χ4n) is 1.97. The van der Waals surface area contributed by atoms with Crippen molar-refractivity contribution in [1.82, 2.24) is 20.9 Å². The number of pyridine rings is 1. The highest BCUT2D eigenvalue weighted by Crippen LogP contribution is 2.09. The number of aliphatic imine (C=N–C) groups is 1. The number of alkyl carbamates (subject to hydrolysis) is 1. The van der Waals surface area contributed by atoms with Gasteiger partial charge in [-0.2, -0.15) is 0 Å². The Hall–Kier alpha value is -2.51. The van der Waals surface area contributed by atoms with Crippen LogP contribution in [0.4, 0.5) is 4.79 Å². The van der Waals surface area contributed by atoms with E-state index in [0.29, 0.717) is 38.1 Å². The van der Waals surface area contributed by atoms with Crippen molar-refractivity contribution in [1.29, 1.82) is 0 Å². The molecule has 0 saturated carbocycles. The molecule has 0 atom stereocenters. The van der Waals surface area contributed by atoms with Crippen LogP contribution in [-0.2, 0) is 11.3 Å². The highest BCUT2D eigenvalue weighted by molar-refractivity contribution is 5.79. The number of nitrogens with one attached hydrogen (secondary N) is 3. The Labute approximate surface area is 162 Å². The molecule has 0 aromatic carbocycles. The number of hydrogen-bond acceptors (Lipinski definition) is 5. The van der Waals surface area contributed by atoms with Crippen LogP contribution >= 0.6 is 0 Å². The van der Waals surface area contributed by atoms with Crippen LogP contribution in [0.2, 0.25) is 0 Å². The number of rotatable bonds is 9. The van der Waals surface area contributed by atoms with Crippen LogP contribution in [-0.4, -0.2) is 48.9 Å². The highest BCUT2D eigenvalue weighted by atomic mass is 16.6. The van der Waals surface area contributed by atoms with Crippen molar-refractivity contribution in [3.63, 3.8) is 0 Å². The number of carbonyl (C=O) groups is 1. The Kier molecular flexibility index (Phi) is 10.00. The summed E-state index contributed by atoms with van der Waals surface area (Å²) in [6.07, 6.45) is 2.29. The largest absolute Gasteiger partial charge is 0.478 e. The van der Waals surface area contributed by atoms with Gasteiger partial charge in [0.25, 0.3) is 0 Å². The van der Waals surface area contributed by atoms with E-state index in [9.17, 15) is 4.79 Å². The Balaban J connectivity index is 2.42. The molecule has 0 bridgehead atoms. The first-order chi connectivity index (χ1) is 12.8. The third-order valence-corrected chi connectivity index (χ3v) is 3.10. The van der Waals surface area contributed by atoms with Crippen LogP contribution < -0.4 is 20.7 Å². The van der Waals surface area contributed by atoms with Crippen molar-refractivity contribution in [3.05, 3.63) is 23.9 Å². The van der Waals surface area contributed by atoms with Crippen LogP contribution in [0.3, 0.4) is 0 Å². The van der Waals surface area contributed by atoms with Gasteiger partial charge in [-0.3, -0.25) is 0 Å². The van der Waals surface area contributed by atoms with E-state index in [4.69, 9.17) is 9.47 Å². The molecule has 0 unspecified atom stereocenters. The molecule has 0 fully saturated rings. The summed E-state index contributed by atoms with van der Waals surface area (Å²) in [5, 5.41) is 9.04. The monoisotopic (exact) mass is 379 g/mol. The Morgan fingerprint density at radius 3 is 2.48 bits per heavy atom. The van der Waals surface area contributed by atoms with Crippen LogP contribution in [0, 0.1) is 0 Å². The van der Waals surface area contributed by atoms with Gasteiger partial charge in [-0.05, 0) is 39.7 Å². The predicted molar refractivity (Wildman–Crippen MR) is 107 cm³/mol. The number of carbonyl (C=O) groups excluding carboxylic acids is 1. The number of nitrogens with zero attached hydrogens (tertiary/aromatic N) is 2. The number of amides is 1. The summed E-state index contributed by atoms with van der Waals surface area (Å²) >= 11 is 0. The second-order valence-electron chi connectivity index (χ2n) is 6.90. The summed E-state index contributed by atoms with van der Waals surface area (Å²) < 4.78 is 10.7. The molecule has 0 spiro atoms. The quantitative estimate of drug-likeness (QED) is 0.346. The van der Waals surface area contributed by atoms with E-state index in [2.05, 4.69) is 32.9 Å². The summed E-state index contributed by atoms with van der Waals surface area (Å²) in [6.45, 7) is 12.4. The molecule has 152 valence electrons. The Bertz CT molecular complexity index is 582. The van der Waals surface area contributed by atoms with Crippen LogP contribution in [0.1, 0.15) is 46.6 Å². The lowest BCUT2D eigenvalue weighted by Gasteiger charge is -2.19. The minimum atomic E-state index is -0.501. The van der Waals surface area contributed by atoms with E-state index in [0.717, 1.165) is 18.5 Å². The summed E-state index contributed by atoms with van der Waals surface area (Å²) in [5.74, 6) is 1.30. The number of guanidine groups is 1. The van der Waals surface area contributed by atoms with Gasteiger partial charge >= 0.3 is 6.09 Å². The van der Waals surface area contributed by atoms with E-state index in [1.54, 1.807) is 6.20 Å². The molecule has 1 amide bonds. The van der Waals surface area contributed by atoms with Gasteiger partial charge in [0.1, 0.15) is 5.60 Å². The number of hydrogen-bond donors (Lipinski definition) is 3. The lowest BCUT2D eigenvalue weighted by atomic mass is 10.2. The summed E-state index contributed by atoms with van der Waals surface area (Å²) in [7, 11) is 0. The zero-order valence-corrected chi connectivity index (χ0v) is 17.1. The first-order valence-corrected chi connectivity index (χ1v) is 9.40. The van der Waals surface area contributed by atoms with E-state index in [-0.39, 0.29) is 0 Å². The standard InChI is InChI=1S/C19H33N5O3/c1-6-12-26-16-9-8-15(13-23-16)14-24-17(20-7-2)21-10-11-22-18(25)27-19(3,4)5/h8-9,13H,6-7,10-12,14H2,1-5H3,(H,22,25)(H2,20,21,24). The molecule has 8 heteroatoms. The van der Waals surface area contributed by atoms with Crippen LogP contribution in [0.15, 0.2) is 23.3 Å². The molecule has 0 aliphatic heterocycles. The predicted octanol–water partition coefficient (Wildman–Crippen LogP) is 2.45. The minimum Gasteiger partial charge on any atom is -0.478 e.